The van der Waals surface area contributed by atoms with E-state index in [0.717, 1.165) is 11.1 Å². The summed E-state index contributed by atoms with van der Waals surface area (Å²) in [6.45, 7) is 2.45. The largest absolute Gasteiger partial charge is 0.398 e. The van der Waals surface area contributed by atoms with Crippen molar-refractivity contribution in [2.75, 3.05) is 17.2 Å². The Morgan fingerprint density at radius 2 is 2.24 bits per heavy atom. The summed E-state index contributed by atoms with van der Waals surface area (Å²) in [6.07, 6.45) is 0.664. The fourth-order valence-electron chi connectivity index (χ4n) is 2.57. The first-order valence-electron chi connectivity index (χ1n) is 6.78. The van der Waals surface area contributed by atoms with Crippen LogP contribution in [0.25, 0.3) is 11.4 Å². The third-order valence-corrected chi connectivity index (χ3v) is 5.66. The first-order chi connectivity index (χ1) is 9.94. The number of aromatic nitrogens is 4. The second-order valence-electron chi connectivity index (χ2n) is 5.53. The predicted octanol–water partition coefficient (Wildman–Crippen LogP) is 0.665. The number of benzene rings is 1. The van der Waals surface area contributed by atoms with Gasteiger partial charge in [-0.25, -0.2) is 13.1 Å². The zero-order valence-corrected chi connectivity index (χ0v) is 12.5. The fourth-order valence-corrected chi connectivity index (χ4v) is 4.42. The van der Waals surface area contributed by atoms with Crippen molar-refractivity contribution in [3.05, 3.63) is 23.8 Å². The van der Waals surface area contributed by atoms with Gasteiger partial charge in [0.15, 0.2) is 15.7 Å². The summed E-state index contributed by atoms with van der Waals surface area (Å²) in [6, 6.07) is 5.67. The molecular formula is C13H17N5O2S. The van der Waals surface area contributed by atoms with E-state index in [1.54, 1.807) is 4.68 Å². The molecule has 1 aromatic carbocycles. The maximum atomic E-state index is 11.5. The molecule has 1 aromatic heterocycles. The molecule has 0 saturated carbocycles. The normalized spacial score (nSPS) is 20.7. The molecule has 1 unspecified atom stereocenters. The molecule has 0 aliphatic carbocycles. The number of hydrogen-bond acceptors (Lipinski definition) is 6. The van der Waals surface area contributed by atoms with E-state index in [0.29, 0.717) is 24.5 Å². The van der Waals surface area contributed by atoms with E-state index in [9.17, 15) is 8.42 Å². The number of nitrogens with zero attached hydrogens (tertiary/aromatic N) is 4. The molecule has 112 valence electrons. The van der Waals surface area contributed by atoms with Crippen molar-refractivity contribution in [2.24, 2.45) is 5.92 Å². The van der Waals surface area contributed by atoms with Gasteiger partial charge in [-0.3, -0.25) is 0 Å². The molecule has 1 saturated heterocycles. The monoisotopic (exact) mass is 307 g/mol. The Bertz CT molecular complexity index is 769. The van der Waals surface area contributed by atoms with Gasteiger partial charge in [0.1, 0.15) is 0 Å². The van der Waals surface area contributed by atoms with Crippen LogP contribution in [0.2, 0.25) is 0 Å². The lowest BCUT2D eigenvalue weighted by molar-refractivity contribution is 0.452. The van der Waals surface area contributed by atoms with Gasteiger partial charge in [-0.1, -0.05) is 12.1 Å². The molecule has 0 bridgehead atoms. The van der Waals surface area contributed by atoms with Crippen LogP contribution < -0.4 is 5.73 Å². The highest BCUT2D eigenvalue weighted by atomic mass is 32.2. The number of nitrogens with two attached hydrogens (primary N) is 1. The van der Waals surface area contributed by atoms with Crippen LogP contribution in [0.4, 0.5) is 5.69 Å². The van der Waals surface area contributed by atoms with Gasteiger partial charge in [-0.2, -0.15) is 0 Å². The van der Waals surface area contributed by atoms with Gasteiger partial charge in [-0.15, -0.1) is 5.10 Å². The Morgan fingerprint density at radius 3 is 2.90 bits per heavy atom. The zero-order chi connectivity index (χ0) is 15.0. The Morgan fingerprint density at radius 1 is 1.43 bits per heavy atom. The number of aryl methyl sites for hydroxylation is 1. The van der Waals surface area contributed by atoms with Gasteiger partial charge in [0.05, 0.1) is 11.5 Å². The summed E-state index contributed by atoms with van der Waals surface area (Å²) >= 11 is 0. The SMILES string of the molecule is Cc1ccc(-c2nnnn2CC2CCS(=O)(=O)C2)cc1N. The topological polar surface area (TPSA) is 104 Å². The summed E-state index contributed by atoms with van der Waals surface area (Å²) in [5, 5.41) is 11.7. The highest BCUT2D eigenvalue weighted by Gasteiger charge is 2.29. The zero-order valence-electron chi connectivity index (χ0n) is 11.7. The quantitative estimate of drug-likeness (QED) is 0.836. The maximum Gasteiger partial charge on any atom is 0.182 e. The van der Waals surface area contributed by atoms with Crippen molar-refractivity contribution in [3.8, 4) is 11.4 Å². The molecule has 0 amide bonds. The first-order valence-corrected chi connectivity index (χ1v) is 8.60. The van der Waals surface area contributed by atoms with Gasteiger partial charge in [-0.05, 0) is 41.3 Å². The van der Waals surface area contributed by atoms with Crippen LogP contribution in [-0.4, -0.2) is 40.1 Å². The van der Waals surface area contributed by atoms with E-state index in [1.165, 1.54) is 0 Å². The fraction of sp³-hybridized carbons (Fsp3) is 0.462. The van der Waals surface area contributed by atoms with E-state index >= 15 is 0 Å². The van der Waals surface area contributed by atoms with E-state index in [4.69, 9.17) is 5.73 Å². The number of rotatable bonds is 3. The van der Waals surface area contributed by atoms with Crippen LogP contribution in [0.5, 0.6) is 0 Å². The Labute approximate surface area is 123 Å². The molecule has 2 aromatic rings. The molecule has 0 radical (unpaired) electrons. The minimum atomic E-state index is -2.89. The van der Waals surface area contributed by atoms with Gasteiger partial charge >= 0.3 is 0 Å². The summed E-state index contributed by atoms with van der Waals surface area (Å²) in [4.78, 5) is 0. The van der Waals surface area contributed by atoms with Crippen molar-refractivity contribution >= 4 is 15.5 Å². The van der Waals surface area contributed by atoms with Crippen molar-refractivity contribution in [1.29, 1.82) is 0 Å². The number of tetrazole rings is 1. The molecule has 1 atom stereocenters. The molecule has 7 nitrogen and oxygen atoms in total. The van der Waals surface area contributed by atoms with Crippen LogP contribution >= 0.6 is 0 Å². The molecule has 1 aliphatic rings. The van der Waals surface area contributed by atoms with Crippen molar-refractivity contribution in [3.63, 3.8) is 0 Å². The van der Waals surface area contributed by atoms with Crippen LogP contribution in [0, 0.1) is 12.8 Å². The van der Waals surface area contributed by atoms with E-state index in [-0.39, 0.29) is 17.4 Å². The molecule has 2 N–H and O–H groups in total. The van der Waals surface area contributed by atoms with Crippen LogP contribution in [0.3, 0.4) is 0 Å². The Balaban J connectivity index is 1.85. The van der Waals surface area contributed by atoms with Crippen molar-refractivity contribution in [1.82, 2.24) is 20.2 Å². The van der Waals surface area contributed by atoms with E-state index < -0.39 is 9.84 Å². The maximum absolute atomic E-state index is 11.5. The molecule has 8 heteroatoms. The van der Waals surface area contributed by atoms with Gasteiger partial charge < -0.3 is 5.73 Å². The minimum Gasteiger partial charge on any atom is -0.398 e. The minimum absolute atomic E-state index is 0.0695. The molecule has 1 aliphatic heterocycles. The number of sulfone groups is 1. The predicted molar refractivity (Wildman–Crippen MR) is 79.2 cm³/mol. The average Bonchev–Trinajstić information content (AvgIpc) is 3.00. The van der Waals surface area contributed by atoms with Crippen LogP contribution in [0.1, 0.15) is 12.0 Å². The molecule has 21 heavy (non-hydrogen) atoms. The number of hydrogen-bond donors (Lipinski definition) is 1. The lowest BCUT2D eigenvalue weighted by Gasteiger charge is -2.10. The third kappa shape index (κ3) is 2.90. The van der Waals surface area contributed by atoms with Crippen LogP contribution in [-0.2, 0) is 16.4 Å². The second-order valence-corrected chi connectivity index (χ2v) is 7.75. The Kier molecular flexibility index (Phi) is 3.40. The lowest BCUT2D eigenvalue weighted by Crippen LogP contribution is -2.14. The molecule has 0 spiro atoms. The van der Waals surface area contributed by atoms with Gasteiger partial charge in [0.2, 0.25) is 0 Å². The number of anilines is 1. The summed E-state index contributed by atoms with van der Waals surface area (Å²) in [5.74, 6) is 1.15. The second kappa shape index (κ2) is 5.10. The molecule has 3 rings (SSSR count). The van der Waals surface area contributed by atoms with E-state index in [1.807, 2.05) is 25.1 Å². The van der Waals surface area contributed by atoms with E-state index in [2.05, 4.69) is 15.5 Å². The smallest absolute Gasteiger partial charge is 0.182 e. The highest BCUT2D eigenvalue weighted by Crippen LogP contribution is 2.24. The summed E-state index contributed by atoms with van der Waals surface area (Å²) < 4.78 is 24.7. The summed E-state index contributed by atoms with van der Waals surface area (Å²) in [5.41, 5.74) is 8.44. The Hall–Kier alpha value is -1.96. The molecule has 1 fully saturated rings. The molecule has 2 heterocycles. The van der Waals surface area contributed by atoms with Crippen molar-refractivity contribution < 1.29 is 8.42 Å². The number of nitrogen functional groups attached to an aromatic ring is 1. The first kappa shape index (κ1) is 14.0. The van der Waals surface area contributed by atoms with Gasteiger partial charge in [0.25, 0.3) is 0 Å². The van der Waals surface area contributed by atoms with Crippen LogP contribution in [0.15, 0.2) is 18.2 Å². The summed E-state index contributed by atoms with van der Waals surface area (Å²) in [7, 11) is -2.89. The average molecular weight is 307 g/mol. The molecular weight excluding hydrogens is 290 g/mol. The standard InChI is InChI=1S/C13H17N5O2S/c1-9-2-3-11(6-12(9)14)13-15-16-17-18(13)7-10-4-5-21(19,20)8-10/h2-3,6,10H,4-5,7-8,14H2,1H3. The van der Waals surface area contributed by atoms with Crippen molar-refractivity contribution in [2.45, 2.75) is 19.9 Å². The lowest BCUT2D eigenvalue weighted by atomic mass is 10.1. The third-order valence-electron chi connectivity index (χ3n) is 3.83. The highest BCUT2D eigenvalue weighted by molar-refractivity contribution is 7.91. The van der Waals surface area contributed by atoms with Gasteiger partial charge in [0, 0.05) is 17.8 Å².